The third-order valence-corrected chi connectivity index (χ3v) is 3.31. The first-order chi connectivity index (χ1) is 11.6. The zero-order chi connectivity index (χ0) is 18.2. The Morgan fingerprint density at radius 2 is 1.20 bits per heavy atom. The summed E-state index contributed by atoms with van der Waals surface area (Å²) in [5.41, 5.74) is 0. The molecule has 0 atom stereocenters. The Morgan fingerprint density at radius 3 is 1.48 bits per heavy atom. The van der Waals surface area contributed by atoms with E-state index >= 15 is 0 Å². The molecule has 2 amide bonds. The maximum absolute atomic E-state index is 11.6. The van der Waals surface area contributed by atoms with Crippen LogP contribution in [0.4, 0.5) is 9.59 Å². The van der Waals surface area contributed by atoms with Gasteiger partial charge in [0.15, 0.2) is 0 Å². The SMILES string of the molecule is CCCCN(C[C-]=CC=[C-]CN(CCCC)C(=O)OC)C(=O)OC.[Y]. The first kappa shape index (κ1) is 26.4. The van der Waals surface area contributed by atoms with Crippen molar-refractivity contribution in [1.29, 1.82) is 0 Å². The second-order valence-electron chi connectivity index (χ2n) is 5.23. The molecule has 0 bridgehead atoms. The second-order valence-corrected chi connectivity index (χ2v) is 5.23. The van der Waals surface area contributed by atoms with Gasteiger partial charge in [-0.3, -0.25) is 0 Å². The van der Waals surface area contributed by atoms with E-state index in [0.717, 1.165) is 25.7 Å². The van der Waals surface area contributed by atoms with Crippen LogP contribution in [0.25, 0.3) is 0 Å². The van der Waals surface area contributed by atoms with Crippen LogP contribution in [0.1, 0.15) is 39.5 Å². The van der Waals surface area contributed by atoms with Gasteiger partial charge in [-0.05, 0) is 25.9 Å². The molecule has 0 aliphatic carbocycles. The van der Waals surface area contributed by atoms with Crippen molar-refractivity contribution >= 4 is 12.2 Å². The minimum absolute atomic E-state index is 0. The van der Waals surface area contributed by atoms with Crippen molar-refractivity contribution in [2.75, 3.05) is 40.4 Å². The summed E-state index contributed by atoms with van der Waals surface area (Å²) in [7, 11) is 2.74. The number of carbonyl (C=O) groups is 2. The van der Waals surface area contributed by atoms with E-state index in [1.165, 1.54) is 14.2 Å². The van der Waals surface area contributed by atoms with Crippen LogP contribution < -0.4 is 0 Å². The first-order valence-corrected chi connectivity index (χ1v) is 8.38. The minimum atomic E-state index is -0.353. The fourth-order valence-corrected chi connectivity index (χ4v) is 1.87. The molecule has 0 aliphatic rings. The van der Waals surface area contributed by atoms with Crippen LogP contribution in [-0.2, 0) is 42.2 Å². The van der Waals surface area contributed by atoms with E-state index in [0.29, 0.717) is 26.2 Å². The Bertz CT molecular complexity index is 376. The van der Waals surface area contributed by atoms with Gasteiger partial charge in [0, 0.05) is 45.8 Å². The van der Waals surface area contributed by atoms with Gasteiger partial charge in [-0.2, -0.15) is 0 Å². The van der Waals surface area contributed by atoms with Crippen molar-refractivity contribution in [3.63, 3.8) is 0 Å². The molecule has 25 heavy (non-hydrogen) atoms. The quantitative estimate of drug-likeness (QED) is 0.375. The number of hydrogen-bond donors (Lipinski definition) is 0. The smallest absolute Gasteiger partial charge is 0.408 e. The summed E-state index contributed by atoms with van der Waals surface area (Å²) in [6.07, 6.45) is 12.6. The van der Waals surface area contributed by atoms with Crippen LogP contribution in [0.15, 0.2) is 12.2 Å². The summed E-state index contributed by atoms with van der Waals surface area (Å²) in [6.45, 7) is 6.15. The maximum Gasteiger partial charge on any atom is 0.408 e. The summed E-state index contributed by atoms with van der Waals surface area (Å²) in [5.74, 6) is 0. The Labute approximate surface area is 177 Å². The Hall–Kier alpha value is -0.876. The number of unbranched alkanes of at least 4 members (excludes halogenated alkanes) is 2. The van der Waals surface area contributed by atoms with Crippen LogP contribution in [0.3, 0.4) is 0 Å². The molecule has 0 saturated heterocycles. The fraction of sp³-hybridized carbons (Fsp3) is 0.667. The van der Waals surface area contributed by atoms with Crippen molar-refractivity contribution in [2.45, 2.75) is 39.5 Å². The fourth-order valence-electron chi connectivity index (χ4n) is 1.87. The topological polar surface area (TPSA) is 59.1 Å². The number of methoxy groups -OCH3 is 2. The summed E-state index contributed by atoms with van der Waals surface area (Å²) >= 11 is 0. The molecule has 0 heterocycles. The zero-order valence-electron chi connectivity index (χ0n) is 15.9. The predicted molar refractivity (Wildman–Crippen MR) is 93.4 cm³/mol. The third kappa shape index (κ3) is 13.0. The third-order valence-electron chi connectivity index (χ3n) is 3.31. The number of nitrogens with zero attached hydrogens (tertiary/aromatic N) is 2. The number of hydrogen-bond acceptors (Lipinski definition) is 4. The summed E-state index contributed by atoms with van der Waals surface area (Å²) in [6, 6.07) is 0. The Morgan fingerprint density at radius 1 is 0.840 bits per heavy atom. The molecule has 0 aliphatic heterocycles. The van der Waals surface area contributed by atoms with Gasteiger partial charge in [-0.25, -0.2) is 9.59 Å². The van der Waals surface area contributed by atoms with E-state index in [4.69, 9.17) is 9.47 Å². The first-order valence-electron chi connectivity index (χ1n) is 8.38. The number of ether oxygens (including phenoxy) is 2. The molecule has 0 spiro atoms. The molecule has 0 saturated carbocycles. The molecular weight excluding hydrogens is 397 g/mol. The minimum Gasteiger partial charge on any atom is -0.453 e. The van der Waals surface area contributed by atoms with Gasteiger partial charge < -0.3 is 43.6 Å². The van der Waals surface area contributed by atoms with E-state index in [-0.39, 0.29) is 44.9 Å². The van der Waals surface area contributed by atoms with Gasteiger partial charge in [-0.15, -0.1) is 0 Å². The van der Waals surface area contributed by atoms with Gasteiger partial charge >= 0.3 is 12.2 Å². The molecule has 0 fully saturated rings. The summed E-state index contributed by atoms with van der Waals surface area (Å²) in [4.78, 5) is 26.4. The largest absolute Gasteiger partial charge is 0.453 e. The van der Waals surface area contributed by atoms with Gasteiger partial charge in [0.2, 0.25) is 0 Å². The van der Waals surface area contributed by atoms with Crippen LogP contribution in [0.2, 0.25) is 0 Å². The maximum atomic E-state index is 11.6. The van der Waals surface area contributed by atoms with Crippen molar-refractivity contribution in [3.8, 4) is 0 Å². The molecule has 6 nitrogen and oxygen atoms in total. The standard InChI is InChI=1S/C18H30N2O4.Y/c1-5-7-13-19(17(21)23-3)15-11-9-10-12-16-20(14-8-6-2)18(22)24-4;/h9-10H,5-8,13-16H2,1-4H3;/q-2;. The van der Waals surface area contributed by atoms with Crippen LogP contribution in [0.5, 0.6) is 0 Å². The van der Waals surface area contributed by atoms with E-state index in [2.05, 4.69) is 26.0 Å². The monoisotopic (exact) mass is 427 g/mol. The van der Waals surface area contributed by atoms with Crippen LogP contribution in [0, 0.1) is 12.2 Å². The molecular formula is C18H30N2O4Y-2. The number of rotatable bonds is 11. The molecule has 0 aromatic carbocycles. The zero-order valence-corrected chi connectivity index (χ0v) is 18.8. The number of amides is 2. The van der Waals surface area contributed by atoms with Gasteiger partial charge in [0.05, 0.1) is 14.2 Å². The molecule has 0 aromatic rings. The van der Waals surface area contributed by atoms with E-state index in [1.54, 1.807) is 22.0 Å². The molecule has 1 radical (unpaired) electrons. The predicted octanol–water partition coefficient (Wildman–Crippen LogP) is 3.44. The van der Waals surface area contributed by atoms with Crippen molar-refractivity contribution in [3.05, 3.63) is 24.3 Å². The Balaban J connectivity index is 0. The van der Waals surface area contributed by atoms with Crippen molar-refractivity contribution in [1.82, 2.24) is 9.80 Å². The molecule has 141 valence electrons. The van der Waals surface area contributed by atoms with Gasteiger partial charge in [-0.1, -0.05) is 26.7 Å². The van der Waals surface area contributed by atoms with Gasteiger partial charge in [0.25, 0.3) is 0 Å². The summed E-state index contributed by atoms with van der Waals surface area (Å²) < 4.78 is 9.49. The van der Waals surface area contributed by atoms with Crippen LogP contribution in [-0.4, -0.2) is 62.4 Å². The molecule has 0 rings (SSSR count). The van der Waals surface area contributed by atoms with Gasteiger partial charge in [0.1, 0.15) is 0 Å². The Kier molecular flexibility index (Phi) is 18.9. The van der Waals surface area contributed by atoms with E-state index in [9.17, 15) is 9.59 Å². The average molecular weight is 427 g/mol. The normalized spacial score (nSPS) is 10.6. The van der Waals surface area contributed by atoms with E-state index < -0.39 is 0 Å². The molecule has 0 aromatic heterocycles. The average Bonchev–Trinajstić information content (AvgIpc) is 2.61. The van der Waals surface area contributed by atoms with E-state index in [1.807, 2.05) is 0 Å². The molecule has 0 unspecified atom stereocenters. The second kappa shape index (κ2) is 17.9. The molecule has 0 N–H and O–H groups in total. The number of carbonyl (C=O) groups excluding carboxylic acids is 2. The molecule has 7 heteroatoms. The van der Waals surface area contributed by atoms with Crippen LogP contribution >= 0.6 is 0 Å². The summed E-state index contributed by atoms with van der Waals surface area (Å²) in [5, 5.41) is 0. The van der Waals surface area contributed by atoms with Crippen molar-refractivity contribution < 1.29 is 51.8 Å². The van der Waals surface area contributed by atoms with Crippen molar-refractivity contribution in [2.24, 2.45) is 0 Å². The number of allylic oxidation sites excluding steroid dienone is 2.